The first kappa shape index (κ1) is 18.7. The van der Waals surface area contributed by atoms with Crippen LogP contribution in [0.2, 0.25) is 0 Å². The van der Waals surface area contributed by atoms with Crippen molar-refractivity contribution in [1.29, 1.82) is 0 Å². The monoisotopic (exact) mass is 364 g/mol. The Labute approximate surface area is 159 Å². The Bertz CT molecular complexity index is 934. The van der Waals surface area contributed by atoms with E-state index in [1.54, 1.807) is 32.4 Å². The Morgan fingerprint density at radius 2 is 1.78 bits per heavy atom. The van der Waals surface area contributed by atoms with Crippen LogP contribution in [0.15, 0.2) is 60.7 Å². The van der Waals surface area contributed by atoms with Crippen molar-refractivity contribution in [1.82, 2.24) is 5.32 Å². The number of ether oxygens (including phenoxy) is 2. The lowest BCUT2D eigenvalue weighted by atomic mass is 10.00. The van der Waals surface area contributed by atoms with E-state index in [1.165, 1.54) is 16.3 Å². The minimum Gasteiger partial charge on any atom is -0.497 e. The average Bonchev–Trinajstić information content (AvgIpc) is 2.71. The quantitative estimate of drug-likeness (QED) is 0.661. The first-order valence-electron chi connectivity index (χ1n) is 8.85. The minimum absolute atomic E-state index is 0.0413. The number of nitrogens with one attached hydrogen (secondary N) is 2. The van der Waals surface area contributed by atoms with E-state index in [2.05, 4.69) is 41.8 Å². The highest BCUT2D eigenvalue weighted by Gasteiger charge is 2.12. The number of methoxy groups -OCH3 is 2. The van der Waals surface area contributed by atoms with Gasteiger partial charge in [0.15, 0.2) is 0 Å². The van der Waals surface area contributed by atoms with Crippen LogP contribution < -0.4 is 20.1 Å². The molecule has 0 saturated carbocycles. The van der Waals surface area contributed by atoms with Gasteiger partial charge in [0.2, 0.25) is 5.91 Å². The molecule has 5 nitrogen and oxygen atoms in total. The van der Waals surface area contributed by atoms with Crippen LogP contribution in [0.4, 0.5) is 5.69 Å². The number of hydrogen-bond acceptors (Lipinski definition) is 4. The van der Waals surface area contributed by atoms with Crippen molar-refractivity contribution in [2.45, 2.75) is 13.0 Å². The van der Waals surface area contributed by atoms with Gasteiger partial charge in [0, 0.05) is 12.1 Å². The third kappa shape index (κ3) is 4.38. The summed E-state index contributed by atoms with van der Waals surface area (Å²) in [6.07, 6.45) is 0. The summed E-state index contributed by atoms with van der Waals surface area (Å²) in [7, 11) is 3.15. The molecule has 140 valence electrons. The molecule has 0 fully saturated rings. The van der Waals surface area contributed by atoms with Crippen molar-refractivity contribution < 1.29 is 14.3 Å². The molecule has 0 saturated heterocycles. The van der Waals surface area contributed by atoms with Crippen molar-refractivity contribution in [3.8, 4) is 11.5 Å². The maximum Gasteiger partial charge on any atom is 0.238 e. The van der Waals surface area contributed by atoms with Gasteiger partial charge in [-0.15, -0.1) is 0 Å². The van der Waals surface area contributed by atoms with Crippen molar-refractivity contribution in [3.05, 3.63) is 66.2 Å². The van der Waals surface area contributed by atoms with E-state index >= 15 is 0 Å². The summed E-state index contributed by atoms with van der Waals surface area (Å²) in [6.45, 7) is 2.25. The predicted octanol–water partition coefficient (Wildman–Crippen LogP) is 4.15. The molecule has 1 amide bonds. The van der Waals surface area contributed by atoms with Crippen molar-refractivity contribution in [3.63, 3.8) is 0 Å². The van der Waals surface area contributed by atoms with Gasteiger partial charge in [0.1, 0.15) is 11.5 Å². The first-order valence-corrected chi connectivity index (χ1v) is 8.85. The summed E-state index contributed by atoms with van der Waals surface area (Å²) in [5, 5.41) is 8.55. The second-order valence-electron chi connectivity index (χ2n) is 6.29. The summed E-state index contributed by atoms with van der Waals surface area (Å²) in [5.74, 6) is 1.10. The summed E-state index contributed by atoms with van der Waals surface area (Å²) in [4.78, 5) is 12.4. The van der Waals surface area contributed by atoms with Crippen LogP contribution in [0, 0.1) is 0 Å². The molecule has 0 radical (unpaired) electrons. The van der Waals surface area contributed by atoms with Gasteiger partial charge in [0.25, 0.3) is 0 Å². The smallest absolute Gasteiger partial charge is 0.238 e. The normalized spacial score (nSPS) is 11.8. The van der Waals surface area contributed by atoms with Crippen LogP contribution in [-0.2, 0) is 4.79 Å². The molecule has 3 aromatic rings. The van der Waals surface area contributed by atoms with E-state index in [9.17, 15) is 4.79 Å². The number of anilines is 1. The highest BCUT2D eigenvalue weighted by atomic mass is 16.5. The van der Waals surface area contributed by atoms with E-state index in [0.717, 1.165) is 0 Å². The van der Waals surface area contributed by atoms with Gasteiger partial charge in [-0.2, -0.15) is 0 Å². The van der Waals surface area contributed by atoms with Crippen molar-refractivity contribution >= 4 is 22.4 Å². The molecule has 5 heteroatoms. The minimum atomic E-state index is -0.134. The maximum atomic E-state index is 12.4. The Balaban J connectivity index is 1.65. The third-order valence-corrected chi connectivity index (χ3v) is 4.54. The van der Waals surface area contributed by atoms with Crippen molar-refractivity contribution in [2.24, 2.45) is 0 Å². The zero-order valence-corrected chi connectivity index (χ0v) is 15.8. The number of benzene rings is 3. The first-order chi connectivity index (χ1) is 13.1. The largest absolute Gasteiger partial charge is 0.497 e. The highest BCUT2D eigenvalue weighted by molar-refractivity contribution is 5.94. The number of fused-ring (bicyclic) bond motifs is 1. The van der Waals surface area contributed by atoms with Gasteiger partial charge in [-0.3, -0.25) is 4.79 Å². The fourth-order valence-electron chi connectivity index (χ4n) is 3.08. The molecule has 0 aliphatic rings. The molecule has 0 aliphatic heterocycles. The molecule has 0 heterocycles. The topological polar surface area (TPSA) is 59.6 Å². The zero-order valence-electron chi connectivity index (χ0n) is 15.8. The Kier molecular flexibility index (Phi) is 5.94. The summed E-state index contributed by atoms with van der Waals surface area (Å²) >= 11 is 0. The molecule has 0 bridgehead atoms. The molecule has 1 atom stereocenters. The van der Waals surface area contributed by atoms with Crippen LogP contribution in [-0.4, -0.2) is 26.7 Å². The molecule has 0 spiro atoms. The second-order valence-corrected chi connectivity index (χ2v) is 6.29. The summed E-state index contributed by atoms with van der Waals surface area (Å²) in [6, 6.07) is 19.8. The van der Waals surface area contributed by atoms with Crippen LogP contribution in [0.3, 0.4) is 0 Å². The van der Waals surface area contributed by atoms with E-state index in [4.69, 9.17) is 9.47 Å². The molecule has 2 N–H and O–H groups in total. The molecular weight excluding hydrogens is 340 g/mol. The average molecular weight is 364 g/mol. The Morgan fingerprint density at radius 1 is 1.00 bits per heavy atom. The molecule has 3 rings (SSSR count). The highest BCUT2D eigenvalue weighted by Crippen LogP contribution is 2.29. The van der Waals surface area contributed by atoms with Crippen LogP contribution >= 0.6 is 0 Å². The van der Waals surface area contributed by atoms with Gasteiger partial charge in [-0.1, -0.05) is 42.5 Å². The fraction of sp³-hybridized carbons (Fsp3) is 0.227. The Morgan fingerprint density at radius 3 is 2.56 bits per heavy atom. The van der Waals surface area contributed by atoms with Crippen LogP contribution in [0.5, 0.6) is 11.5 Å². The van der Waals surface area contributed by atoms with E-state index in [1.807, 2.05) is 18.2 Å². The number of carbonyl (C=O) groups excluding carboxylic acids is 1. The lowest BCUT2D eigenvalue weighted by Crippen LogP contribution is -2.30. The van der Waals surface area contributed by atoms with Crippen LogP contribution in [0.1, 0.15) is 18.5 Å². The van der Waals surface area contributed by atoms with Crippen molar-refractivity contribution in [2.75, 3.05) is 26.1 Å². The molecule has 27 heavy (non-hydrogen) atoms. The van der Waals surface area contributed by atoms with Crippen LogP contribution in [0.25, 0.3) is 10.8 Å². The summed E-state index contributed by atoms with van der Waals surface area (Å²) in [5.41, 5.74) is 1.78. The molecule has 0 aromatic heterocycles. The number of amides is 1. The lowest BCUT2D eigenvalue weighted by Gasteiger charge is -2.17. The van der Waals surface area contributed by atoms with Gasteiger partial charge in [-0.25, -0.2) is 0 Å². The lowest BCUT2D eigenvalue weighted by molar-refractivity contribution is -0.115. The van der Waals surface area contributed by atoms with Gasteiger partial charge in [-0.05, 0) is 35.4 Å². The number of rotatable bonds is 7. The van der Waals surface area contributed by atoms with Gasteiger partial charge in [0.05, 0.1) is 26.5 Å². The summed E-state index contributed by atoms with van der Waals surface area (Å²) < 4.78 is 10.5. The van der Waals surface area contributed by atoms with E-state index in [0.29, 0.717) is 17.2 Å². The zero-order chi connectivity index (χ0) is 19.2. The second kappa shape index (κ2) is 8.56. The third-order valence-electron chi connectivity index (χ3n) is 4.54. The number of carbonyl (C=O) groups is 1. The predicted molar refractivity (Wildman–Crippen MR) is 109 cm³/mol. The number of hydrogen-bond donors (Lipinski definition) is 2. The molecule has 0 aliphatic carbocycles. The SMILES string of the molecule is COc1ccc(NC(=O)CN[C@@H](C)c2cccc3ccccc23)c(OC)c1. The fourth-order valence-corrected chi connectivity index (χ4v) is 3.08. The van der Waals surface area contributed by atoms with E-state index in [-0.39, 0.29) is 18.5 Å². The molecule has 0 unspecified atom stereocenters. The molecule has 3 aromatic carbocycles. The maximum absolute atomic E-state index is 12.4. The van der Waals surface area contributed by atoms with Gasteiger partial charge >= 0.3 is 0 Å². The standard InChI is InChI=1S/C22H24N2O3/c1-15(18-10-6-8-16-7-4-5-9-19(16)18)23-14-22(25)24-20-12-11-17(26-2)13-21(20)27-3/h4-13,15,23H,14H2,1-3H3,(H,24,25)/t15-/m0/s1. The Hall–Kier alpha value is -3.05. The van der Waals surface area contributed by atoms with E-state index < -0.39 is 0 Å². The van der Waals surface area contributed by atoms with Gasteiger partial charge < -0.3 is 20.1 Å². The molecular formula is C22H24N2O3.